The van der Waals surface area contributed by atoms with Crippen LogP contribution < -0.4 is 5.32 Å². The van der Waals surface area contributed by atoms with Crippen LogP contribution in [0, 0.1) is 0 Å². The summed E-state index contributed by atoms with van der Waals surface area (Å²) in [6.45, 7) is 5.62. The van der Waals surface area contributed by atoms with Crippen LogP contribution in [0.3, 0.4) is 0 Å². The van der Waals surface area contributed by atoms with Crippen LogP contribution in [0.5, 0.6) is 0 Å². The van der Waals surface area contributed by atoms with E-state index in [0.717, 1.165) is 12.8 Å². The summed E-state index contributed by atoms with van der Waals surface area (Å²) in [6, 6.07) is 15.5. The van der Waals surface area contributed by atoms with Crippen molar-refractivity contribution in [1.82, 2.24) is 9.62 Å². The molecule has 0 heterocycles. The third kappa shape index (κ3) is 7.18. The quantitative estimate of drug-likeness (QED) is 0.536. The van der Waals surface area contributed by atoms with Gasteiger partial charge in [-0.05, 0) is 43.5 Å². The van der Waals surface area contributed by atoms with E-state index in [2.05, 4.69) is 5.32 Å². The molecule has 1 atom stereocenters. The topological polar surface area (TPSA) is 92.8 Å². The Morgan fingerprint density at radius 3 is 2.35 bits per heavy atom. The minimum absolute atomic E-state index is 0.0182. The molecule has 0 aliphatic rings. The van der Waals surface area contributed by atoms with Gasteiger partial charge in [0.1, 0.15) is 0 Å². The molecule has 2 rings (SSSR count). The molecule has 7 nitrogen and oxygen atoms in total. The first-order valence-electron chi connectivity index (χ1n) is 10.4. The first kappa shape index (κ1) is 24.6. The summed E-state index contributed by atoms with van der Waals surface area (Å²) >= 11 is 0. The molecule has 0 radical (unpaired) electrons. The zero-order valence-electron chi connectivity index (χ0n) is 18.2. The number of benzene rings is 2. The van der Waals surface area contributed by atoms with Crippen LogP contribution in [0.25, 0.3) is 0 Å². The van der Waals surface area contributed by atoms with E-state index >= 15 is 0 Å². The molecule has 0 spiro atoms. The van der Waals surface area contributed by atoms with Crippen LogP contribution in [-0.4, -0.2) is 50.3 Å². The molecule has 2 aromatic carbocycles. The Morgan fingerprint density at radius 2 is 1.71 bits per heavy atom. The number of amides is 1. The molecule has 0 aliphatic carbocycles. The number of hydrogen-bond acceptors (Lipinski definition) is 5. The molecule has 0 aromatic heterocycles. The van der Waals surface area contributed by atoms with E-state index in [4.69, 9.17) is 4.74 Å². The molecule has 31 heavy (non-hydrogen) atoms. The highest BCUT2D eigenvalue weighted by molar-refractivity contribution is 7.89. The minimum Gasteiger partial charge on any atom is -0.452 e. The number of carbonyl (C=O) groups excluding carboxylic acids is 2. The second-order valence-electron chi connectivity index (χ2n) is 7.19. The normalized spacial score (nSPS) is 12.4. The molecular weight excluding hydrogens is 416 g/mol. The number of nitrogens with one attached hydrogen (secondary N) is 1. The van der Waals surface area contributed by atoms with Gasteiger partial charge in [0, 0.05) is 19.1 Å². The molecule has 168 valence electrons. The number of nitrogens with zero attached hydrogens (tertiary/aromatic N) is 1. The number of aryl methyl sites for hydroxylation is 1. The lowest BCUT2D eigenvalue weighted by Gasteiger charge is -2.18. The van der Waals surface area contributed by atoms with Crippen molar-refractivity contribution in [3.63, 3.8) is 0 Å². The number of carbonyl (C=O) groups is 2. The second-order valence-corrected chi connectivity index (χ2v) is 9.12. The van der Waals surface area contributed by atoms with Crippen molar-refractivity contribution >= 4 is 21.9 Å². The van der Waals surface area contributed by atoms with E-state index in [1.54, 1.807) is 13.8 Å². The van der Waals surface area contributed by atoms with Crippen LogP contribution in [0.1, 0.15) is 43.1 Å². The van der Waals surface area contributed by atoms with Gasteiger partial charge in [-0.2, -0.15) is 4.31 Å². The van der Waals surface area contributed by atoms with Gasteiger partial charge >= 0.3 is 5.97 Å². The third-order valence-electron chi connectivity index (χ3n) is 4.86. The van der Waals surface area contributed by atoms with Crippen molar-refractivity contribution in [2.45, 2.75) is 44.6 Å². The third-order valence-corrected chi connectivity index (χ3v) is 6.91. The highest BCUT2D eigenvalue weighted by Crippen LogP contribution is 2.17. The zero-order valence-corrected chi connectivity index (χ0v) is 19.0. The summed E-state index contributed by atoms with van der Waals surface area (Å²) in [5.41, 5.74) is 1.27. The summed E-state index contributed by atoms with van der Waals surface area (Å²) < 4.78 is 31.6. The standard InChI is InChI=1S/C23H30N2O5S/c1-4-25(5-2)31(28,29)21-13-9-12-20(16-21)23(27)30-17-22(26)24-18(3)14-15-19-10-7-6-8-11-19/h6-13,16,18H,4-5,14-15,17H2,1-3H3,(H,24,26). The van der Waals surface area contributed by atoms with Crippen molar-refractivity contribution in [3.05, 3.63) is 65.7 Å². The number of ether oxygens (including phenoxy) is 1. The van der Waals surface area contributed by atoms with Gasteiger partial charge in [0.15, 0.2) is 6.61 Å². The maximum Gasteiger partial charge on any atom is 0.338 e. The molecule has 1 unspecified atom stereocenters. The molecule has 0 bridgehead atoms. The molecule has 2 aromatic rings. The monoisotopic (exact) mass is 446 g/mol. The van der Waals surface area contributed by atoms with Crippen molar-refractivity contribution in [3.8, 4) is 0 Å². The number of rotatable bonds is 11. The Bertz CT molecular complexity index is 972. The Kier molecular flexibility index (Phi) is 9.21. The molecule has 0 fully saturated rings. The van der Waals surface area contributed by atoms with Crippen molar-refractivity contribution in [1.29, 1.82) is 0 Å². The summed E-state index contributed by atoms with van der Waals surface area (Å²) in [4.78, 5) is 24.4. The number of esters is 1. The molecule has 1 amide bonds. The average molecular weight is 447 g/mol. The summed E-state index contributed by atoms with van der Waals surface area (Å²) in [5.74, 6) is -1.15. The Hall–Kier alpha value is -2.71. The highest BCUT2D eigenvalue weighted by Gasteiger charge is 2.23. The average Bonchev–Trinajstić information content (AvgIpc) is 2.77. The predicted molar refractivity (Wildman–Crippen MR) is 119 cm³/mol. The van der Waals surface area contributed by atoms with E-state index in [9.17, 15) is 18.0 Å². The van der Waals surface area contributed by atoms with Gasteiger partial charge in [-0.25, -0.2) is 13.2 Å². The lowest BCUT2D eigenvalue weighted by atomic mass is 10.1. The fraction of sp³-hybridized carbons (Fsp3) is 0.391. The highest BCUT2D eigenvalue weighted by atomic mass is 32.2. The molecule has 0 aliphatic heterocycles. The smallest absolute Gasteiger partial charge is 0.338 e. The van der Waals surface area contributed by atoms with Gasteiger partial charge in [-0.1, -0.05) is 50.2 Å². The number of hydrogen-bond donors (Lipinski definition) is 1. The minimum atomic E-state index is -3.69. The van der Waals surface area contributed by atoms with Gasteiger partial charge in [0.05, 0.1) is 10.5 Å². The first-order valence-corrected chi connectivity index (χ1v) is 11.8. The fourth-order valence-electron chi connectivity index (χ4n) is 3.13. The van der Waals surface area contributed by atoms with Crippen LogP contribution in [0.15, 0.2) is 59.5 Å². The molecular formula is C23H30N2O5S. The van der Waals surface area contributed by atoms with E-state index in [0.29, 0.717) is 13.1 Å². The maximum atomic E-state index is 12.6. The fourth-order valence-corrected chi connectivity index (χ4v) is 4.63. The Morgan fingerprint density at radius 1 is 1.03 bits per heavy atom. The lowest BCUT2D eigenvalue weighted by Crippen LogP contribution is -2.36. The van der Waals surface area contributed by atoms with E-state index in [1.165, 1.54) is 34.1 Å². The van der Waals surface area contributed by atoms with E-state index in [-0.39, 0.29) is 16.5 Å². The number of sulfonamides is 1. The summed E-state index contributed by atoms with van der Waals surface area (Å²) in [7, 11) is -3.69. The van der Waals surface area contributed by atoms with Gasteiger partial charge in [0.25, 0.3) is 5.91 Å². The summed E-state index contributed by atoms with van der Waals surface area (Å²) in [6.07, 6.45) is 1.59. The summed E-state index contributed by atoms with van der Waals surface area (Å²) in [5, 5.41) is 2.80. The van der Waals surface area contributed by atoms with Gasteiger partial charge in [-0.3, -0.25) is 4.79 Å². The first-order chi connectivity index (χ1) is 14.8. The predicted octanol–water partition coefficient (Wildman–Crippen LogP) is 3.01. The van der Waals surface area contributed by atoms with Gasteiger partial charge < -0.3 is 10.1 Å². The zero-order chi connectivity index (χ0) is 22.9. The van der Waals surface area contributed by atoms with Gasteiger partial charge in [0.2, 0.25) is 10.0 Å². The second kappa shape index (κ2) is 11.6. The van der Waals surface area contributed by atoms with Crippen molar-refractivity contribution in [2.24, 2.45) is 0 Å². The van der Waals surface area contributed by atoms with Crippen molar-refractivity contribution in [2.75, 3.05) is 19.7 Å². The van der Waals surface area contributed by atoms with E-state index < -0.39 is 28.5 Å². The lowest BCUT2D eigenvalue weighted by molar-refractivity contribution is -0.124. The van der Waals surface area contributed by atoms with Crippen LogP contribution in [0.4, 0.5) is 0 Å². The van der Waals surface area contributed by atoms with Gasteiger partial charge in [-0.15, -0.1) is 0 Å². The Balaban J connectivity index is 1.88. The van der Waals surface area contributed by atoms with Crippen molar-refractivity contribution < 1.29 is 22.7 Å². The Labute approximate surface area is 184 Å². The van der Waals surface area contributed by atoms with Crippen LogP contribution in [0.2, 0.25) is 0 Å². The van der Waals surface area contributed by atoms with E-state index in [1.807, 2.05) is 37.3 Å². The molecule has 0 saturated carbocycles. The molecule has 0 saturated heterocycles. The van der Waals surface area contributed by atoms with Crippen LogP contribution in [-0.2, 0) is 26.0 Å². The maximum absolute atomic E-state index is 12.6. The SMILES string of the molecule is CCN(CC)S(=O)(=O)c1cccc(C(=O)OCC(=O)NC(C)CCc2ccccc2)c1. The molecule has 1 N–H and O–H groups in total. The van der Waals surface area contributed by atoms with Crippen LogP contribution >= 0.6 is 0 Å². The molecule has 8 heteroatoms. The largest absolute Gasteiger partial charge is 0.452 e.